The molecular weight excluding hydrogens is 442 g/mol. The van der Waals surface area contributed by atoms with Gasteiger partial charge in [0.25, 0.3) is 0 Å². The first-order chi connectivity index (χ1) is 16.8. The van der Waals surface area contributed by atoms with Gasteiger partial charge in [-0.3, -0.25) is 4.79 Å². The maximum Gasteiger partial charge on any atom is 0.336 e. The average molecular weight is 478 g/mol. The molecule has 2 aromatic carbocycles. The van der Waals surface area contributed by atoms with Crippen LogP contribution in [0.25, 0.3) is 11.1 Å². The van der Waals surface area contributed by atoms with E-state index in [0.29, 0.717) is 37.7 Å². The number of carboxylic acid groups (broad SMARTS) is 1. The van der Waals surface area contributed by atoms with E-state index in [4.69, 9.17) is 4.74 Å². The number of likely N-dealkylation sites (tertiary alicyclic amines) is 1. The number of hydrogen-bond donors (Lipinski definition) is 2. The van der Waals surface area contributed by atoms with Crippen LogP contribution in [0.4, 0.5) is 11.4 Å². The highest BCUT2D eigenvalue weighted by molar-refractivity contribution is 6.07. The van der Waals surface area contributed by atoms with E-state index in [9.17, 15) is 14.7 Å². The zero-order valence-electron chi connectivity index (χ0n) is 20.9. The van der Waals surface area contributed by atoms with E-state index in [2.05, 4.69) is 35.2 Å². The summed E-state index contributed by atoms with van der Waals surface area (Å²) >= 11 is 0. The summed E-state index contributed by atoms with van der Waals surface area (Å²) in [5.74, 6) is -0.871. The first-order valence-electron chi connectivity index (χ1n) is 12.7. The van der Waals surface area contributed by atoms with Crippen LogP contribution in [-0.2, 0) is 14.9 Å². The Bertz CT molecular complexity index is 1150. The van der Waals surface area contributed by atoms with E-state index in [1.807, 2.05) is 25.1 Å². The van der Waals surface area contributed by atoms with Crippen LogP contribution >= 0.6 is 0 Å². The molecule has 0 saturated carbocycles. The lowest BCUT2D eigenvalue weighted by molar-refractivity contribution is -0.124. The minimum atomic E-state index is -0.916. The van der Waals surface area contributed by atoms with Crippen LogP contribution in [-0.4, -0.2) is 67.8 Å². The third-order valence-corrected chi connectivity index (χ3v) is 8.29. The second-order valence-corrected chi connectivity index (χ2v) is 10.2. The van der Waals surface area contributed by atoms with Crippen molar-refractivity contribution in [1.82, 2.24) is 4.90 Å². The van der Waals surface area contributed by atoms with Crippen LogP contribution in [0.2, 0.25) is 0 Å². The molecule has 2 N–H and O–H groups in total. The largest absolute Gasteiger partial charge is 0.478 e. The number of rotatable bonds is 5. The highest BCUT2D eigenvalue weighted by Gasteiger charge is 2.47. The Hall–Kier alpha value is -2.90. The standard InChI is InChI=1S/C28H35N3O4/c1-4-31(21-7-11-30(3)12-8-21)25-17-20(15-22(18(25)2)26(32)33)19-5-6-23-24(16-19)29-27(34)28(23)9-13-35-14-10-28/h5-6,15-17,21H,4,7-14H2,1-3H3,(H,29,34)(H,32,33). The predicted molar refractivity (Wildman–Crippen MR) is 137 cm³/mol. The van der Waals surface area contributed by atoms with Crippen LogP contribution in [0, 0.1) is 6.92 Å². The van der Waals surface area contributed by atoms with Crippen LogP contribution in [0.5, 0.6) is 0 Å². The normalized spacial score (nSPS) is 20.0. The molecule has 3 heterocycles. The van der Waals surface area contributed by atoms with Gasteiger partial charge < -0.3 is 25.0 Å². The van der Waals surface area contributed by atoms with Gasteiger partial charge in [0, 0.05) is 37.2 Å². The first kappa shape index (κ1) is 23.8. The molecule has 2 saturated heterocycles. The average Bonchev–Trinajstić information content (AvgIpc) is 3.11. The van der Waals surface area contributed by atoms with Gasteiger partial charge in [0.1, 0.15) is 0 Å². The van der Waals surface area contributed by atoms with Crippen LogP contribution in [0.1, 0.15) is 54.1 Å². The van der Waals surface area contributed by atoms with Crippen molar-refractivity contribution in [3.8, 4) is 11.1 Å². The van der Waals surface area contributed by atoms with E-state index >= 15 is 0 Å². The molecule has 1 spiro atoms. The lowest BCUT2D eigenvalue weighted by Gasteiger charge is -2.39. The number of carboxylic acids is 1. The molecule has 0 aromatic heterocycles. The van der Waals surface area contributed by atoms with Gasteiger partial charge in [0.05, 0.1) is 11.0 Å². The molecule has 7 heteroatoms. The summed E-state index contributed by atoms with van der Waals surface area (Å²) in [6.07, 6.45) is 3.50. The van der Waals surface area contributed by atoms with Gasteiger partial charge >= 0.3 is 5.97 Å². The van der Waals surface area contributed by atoms with E-state index in [-0.39, 0.29) is 5.91 Å². The Morgan fingerprint density at radius 3 is 2.54 bits per heavy atom. The number of fused-ring (bicyclic) bond motifs is 2. The fourth-order valence-corrected chi connectivity index (χ4v) is 6.14. The quantitative estimate of drug-likeness (QED) is 0.669. The molecular formula is C28H35N3O4. The van der Waals surface area contributed by atoms with Crippen molar-refractivity contribution in [2.24, 2.45) is 0 Å². The molecule has 0 bridgehead atoms. The van der Waals surface area contributed by atoms with Gasteiger partial charge in [-0.25, -0.2) is 4.79 Å². The lowest BCUT2D eigenvalue weighted by Crippen LogP contribution is -2.44. The second-order valence-electron chi connectivity index (χ2n) is 10.2. The second kappa shape index (κ2) is 9.28. The Kier molecular flexibility index (Phi) is 6.32. The Labute approximate surface area is 207 Å². The van der Waals surface area contributed by atoms with E-state index in [0.717, 1.165) is 66.1 Å². The van der Waals surface area contributed by atoms with Gasteiger partial charge in [-0.1, -0.05) is 12.1 Å². The maximum atomic E-state index is 13.0. The Morgan fingerprint density at radius 1 is 1.17 bits per heavy atom. The van der Waals surface area contributed by atoms with Gasteiger partial charge in [-0.2, -0.15) is 0 Å². The third kappa shape index (κ3) is 4.10. The summed E-state index contributed by atoms with van der Waals surface area (Å²) in [6, 6.07) is 10.4. The monoisotopic (exact) mass is 477 g/mol. The summed E-state index contributed by atoms with van der Waals surface area (Å²) in [4.78, 5) is 29.9. The number of amides is 1. The highest BCUT2D eigenvalue weighted by atomic mass is 16.5. The number of nitrogens with one attached hydrogen (secondary N) is 1. The zero-order chi connectivity index (χ0) is 24.7. The fourth-order valence-electron chi connectivity index (χ4n) is 6.14. The smallest absolute Gasteiger partial charge is 0.336 e. The molecule has 3 aliphatic heterocycles. The number of anilines is 2. The van der Waals surface area contributed by atoms with Crippen molar-refractivity contribution in [2.45, 2.75) is 51.0 Å². The topological polar surface area (TPSA) is 82.1 Å². The highest BCUT2D eigenvalue weighted by Crippen LogP contribution is 2.46. The summed E-state index contributed by atoms with van der Waals surface area (Å²) in [7, 11) is 2.15. The van der Waals surface area contributed by atoms with Crippen molar-refractivity contribution in [1.29, 1.82) is 0 Å². The molecule has 1 amide bonds. The Balaban J connectivity index is 1.56. The number of carbonyl (C=O) groups excluding carboxylic acids is 1. The maximum absolute atomic E-state index is 13.0. The lowest BCUT2D eigenvalue weighted by atomic mass is 9.75. The third-order valence-electron chi connectivity index (χ3n) is 8.29. The molecule has 5 rings (SSSR count). The number of aromatic carboxylic acids is 1. The van der Waals surface area contributed by atoms with E-state index < -0.39 is 11.4 Å². The number of carbonyl (C=O) groups is 2. The van der Waals surface area contributed by atoms with Gasteiger partial charge in [-0.15, -0.1) is 0 Å². The molecule has 35 heavy (non-hydrogen) atoms. The number of benzene rings is 2. The van der Waals surface area contributed by atoms with E-state index in [1.165, 1.54) is 0 Å². The molecule has 0 unspecified atom stereocenters. The molecule has 186 valence electrons. The molecule has 0 aliphatic carbocycles. The van der Waals surface area contributed by atoms with Crippen LogP contribution < -0.4 is 10.2 Å². The molecule has 7 nitrogen and oxygen atoms in total. The molecule has 3 aliphatic rings. The van der Waals surface area contributed by atoms with Gasteiger partial charge in [0.15, 0.2) is 0 Å². The number of piperidine rings is 1. The molecule has 0 atom stereocenters. The molecule has 2 aromatic rings. The van der Waals surface area contributed by atoms with Crippen molar-refractivity contribution in [3.05, 3.63) is 47.0 Å². The van der Waals surface area contributed by atoms with Crippen LogP contribution in [0.3, 0.4) is 0 Å². The zero-order valence-corrected chi connectivity index (χ0v) is 20.9. The Morgan fingerprint density at radius 2 is 1.89 bits per heavy atom. The summed E-state index contributed by atoms with van der Waals surface area (Å²) in [5, 5.41) is 13.1. The van der Waals surface area contributed by atoms with Crippen LogP contribution in [0.15, 0.2) is 30.3 Å². The minimum absolute atomic E-state index is 0.0446. The summed E-state index contributed by atoms with van der Waals surface area (Å²) in [5.41, 5.74) is 5.24. The van der Waals surface area contributed by atoms with Crippen molar-refractivity contribution in [3.63, 3.8) is 0 Å². The van der Waals surface area contributed by atoms with Gasteiger partial charge in [-0.05, 0) is 100 Å². The molecule has 2 fully saturated rings. The van der Waals surface area contributed by atoms with E-state index in [1.54, 1.807) is 6.07 Å². The number of ether oxygens (including phenoxy) is 1. The minimum Gasteiger partial charge on any atom is -0.478 e. The molecule has 0 radical (unpaired) electrons. The van der Waals surface area contributed by atoms with Crippen molar-refractivity contribution in [2.75, 3.05) is 50.1 Å². The predicted octanol–water partition coefficient (Wildman–Crippen LogP) is 4.28. The van der Waals surface area contributed by atoms with Crippen molar-refractivity contribution < 1.29 is 19.4 Å². The van der Waals surface area contributed by atoms with Crippen molar-refractivity contribution >= 4 is 23.3 Å². The first-order valence-corrected chi connectivity index (χ1v) is 12.7. The van der Waals surface area contributed by atoms with Gasteiger partial charge in [0.2, 0.25) is 5.91 Å². The summed E-state index contributed by atoms with van der Waals surface area (Å²) < 4.78 is 5.52. The number of nitrogens with zero attached hydrogens (tertiary/aromatic N) is 2. The SMILES string of the molecule is CCN(c1cc(-c2ccc3c(c2)NC(=O)C32CCOCC2)cc(C(=O)O)c1C)C1CCN(C)CC1. The number of hydrogen-bond acceptors (Lipinski definition) is 5. The summed E-state index contributed by atoms with van der Waals surface area (Å²) in [6.45, 7) is 8.14. The fraction of sp³-hybridized carbons (Fsp3) is 0.500.